The topological polar surface area (TPSA) is 15.3 Å². The highest BCUT2D eigenvalue weighted by Crippen LogP contribution is 2.30. The van der Waals surface area contributed by atoms with Crippen LogP contribution in [-0.2, 0) is 0 Å². The van der Waals surface area contributed by atoms with Crippen LogP contribution in [0.25, 0.3) is 0 Å². The molecule has 1 N–H and O–H groups in total. The monoisotopic (exact) mass is 216 g/mol. The summed E-state index contributed by atoms with van der Waals surface area (Å²) in [6.07, 6.45) is 1.25. The molecular weight excluding hydrogens is 192 g/mol. The highest BCUT2D eigenvalue weighted by atomic mass is 32.2. The molecule has 1 saturated heterocycles. The van der Waals surface area contributed by atoms with Crippen LogP contribution in [-0.4, -0.2) is 48.1 Å². The van der Waals surface area contributed by atoms with Crippen molar-refractivity contribution in [1.29, 1.82) is 0 Å². The molecule has 0 amide bonds. The van der Waals surface area contributed by atoms with Gasteiger partial charge in [0.2, 0.25) is 0 Å². The Morgan fingerprint density at radius 2 is 2.21 bits per heavy atom. The molecule has 3 heteroatoms. The summed E-state index contributed by atoms with van der Waals surface area (Å²) in [6.45, 7) is 10.6. The summed E-state index contributed by atoms with van der Waals surface area (Å²) in [6, 6.07) is 0.722. The predicted octanol–water partition coefficient (Wildman–Crippen LogP) is 1.81. The summed E-state index contributed by atoms with van der Waals surface area (Å²) >= 11 is 2.11. The molecule has 0 radical (unpaired) electrons. The largest absolute Gasteiger partial charge is 0.318 e. The van der Waals surface area contributed by atoms with E-state index in [9.17, 15) is 0 Å². The summed E-state index contributed by atoms with van der Waals surface area (Å²) < 4.78 is 0.444. The fourth-order valence-corrected chi connectivity index (χ4v) is 3.27. The van der Waals surface area contributed by atoms with Gasteiger partial charge in [0, 0.05) is 36.2 Å². The van der Waals surface area contributed by atoms with Crippen molar-refractivity contribution >= 4 is 11.8 Å². The maximum Gasteiger partial charge on any atom is 0.0231 e. The second kappa shape index (κ2) is 5.38. The predicted molar refractivity (Wildman–Crippen MR) is 66.1 cm³/mol. The van der Waals surface area contributed by atoms with Crippen LogP contribution in [0.2, 0.25) is 0 Å². The maximum atomic E-state index is 3.29. The Kier molecular flexibility index (Phi) is 4.74. The first-order valence-corrected chi connectivity index (χ1v) is 6.60. The lowest BCUT2D eigenvalue weighted by Crippen LogP contribution is -2.50. The van der Waals surface area contributed by atoms with Crippen molar-refractivity contribution in [2.45, 2.75) is 38.0 Å². The van der Waals surface area contributed by atoms with Crippen molar-refractivity contribution < 1.29 is 0 Å². The van der Waals surface area contributed by atoms with Crippen LogP contribution < -0.4 is 5.32 Å². The quantitative estimate of drug-likeness (QED) is 0.771. The Morgan fingerprint density at radius 3 is 2.71 bits per heavy atom. The first-order valence-electron chi connectivity index (χ1n) is 5.61. The molecule has 0 aromatic carbocycles. The third kappa shape index (κ3) is 3.44. The molecule has 1 fully saturated rings. The van der Waals surface area contributed by atoms with Gasteiger partial charge in [0.15, 0.2) is 0 Å². The van der Waals surface area contributed by atoms with Gasteiger partial charge in [-0.25, -0.2) is 0 Å². The van der Waals surface area contributed by atoms with Gasteiger partial charge in [0.25, 0.3) is 0 Å². The van der Waals surface area contributed by atoms with Gasteiger partial charge in [-0.15, -0.1) is 0 Å². The fourth-order valence-electron chi connectivity index (χ4n) is 2.13. The number of thioether (sulfide) groups is 1. The van der Waals surface area contributed by atoms with Gasteiger partial charge >= 0.3 is 0 Å². The second-order valence-corrected chi connectivity index (χ2v) is 6.50. The lowest BCUT2D eigenvalue weighted by Gasteiger charge is -2.41. The number of nitrogens with one attached hydrogen (secondary N) is 1. The first-order chi connectivity index (χ1) is 6.59. The molecular formula is C11H24N2S. The van der Waals surface area contributed by atoms with E-state index < -0.39 is 0 Å². The zero-order chi connectivity index (χ0) is 10.6. The highest BCUT2D eigenvalue weighted by Gasteiger charge is 2.29. The third-order valence-electron chi connectivity index (χ3n) is 2.88. The van der Waals surface area contributed by atoms with E-state index in [0.29, 0.717) is 4.75 Å². The van der Waals surface area contributed by atoms with E-state index in [0.717, 1.165) is 12.6 Å². The normalized spacial score (nSPS) is 24.9. The summed E-state index contributed by atoms with van der Waals surface area (Å²) in [5.41, 5.74) is 0. The number of nitrogens with zero attached hydrogens (tertiary/aromatic N) is 1. The van der Waals surface area contributed by atoms with E-state index >= 15 is 0 Å². The minimum absolute atomic E-state index is 0.444. The molecule has 1 aliphatic rings. The Morgan fingerprint density at radius 1 is 1.50 bits per heavy atom. The molecule has 0 aliphatic carbocycles. The standard InChI is InChI=1S/C11H24N2S/c1-5-10(8-12-4)13-6-7-14-11(2,3)9-13/h10,12H,5-9H2,1-4H3. The molecule has 0 aromatic rings. The summed E-state index contributed by atoms with van der Waals surface area (Å²) in [7, 11) is 2.05. The van der Waals surface area contributed by atoms with Crippen LogP contribution in [0, 0.1) is 0 Å². The van der Waals surface area contributed by atoms with Crippen molar-refractivity contribution in [2.75, 3.05) is 32.4 Å². The molecule has 1 unspecified atom stereocenters. The minimum Gasteiger partial charge on any atom is -0.318 e. The molecule has 1 heterocycles. The van der Waals surface area contributed by atoms with Crippen LogP contribution in [0.4, 0.5) is 0 Å². The average molecular weight is 216 g/mol. The van der Waals surface area contributed by atoms with Gasteiger partial charge in [-0.05, 0) is 27.3 Å². The molecule has 1 aliphatic heterocycles. The van der Waals surface area contributed by atoms with E-state index in [4.69, 9.17) is 0 Å². The van der Waals surface area contributed by atoms with Crippen molar-refractivity contribution in [3.05, 3.63) is 0 Å². The lowest BCUT2D eigenvalue weighted by atomic mass is 10.1. The maximum absolute atomic E-state index is 3.29. The SMILES string of the molecule is CCC(CNC)N1CCSC(C)(C)C1. The zero-order valence-corrected chi connectivity index (χ0v) is 10.8. The molecule has 84 valence electrons. The molecule has 14 heavy (non-hydrogen) atoms. The average Bonchev–Trinajstić information content (AvgIpc) is 2.12. The van der Waals surface area contributed by atoms with Crippen LogP contribution in [0.3, 0.4) is 0 Å². The van der Waals surface area contributed by atoms with Gasteiger partial charge in [-0.3, -0.25) is 4.90 Å². The second-order valence-electron chi connectivity index (χ2n) is 4.70. The number of likely N-dealkylation sites (N-methyl/N-ethyl adjacent to an activating group) is 1. The first kappa shape index (κ1) is 12.3. The molecule has 1 atom stereocenters. The van der Waals surface area contributed by atoms with Crippen molar-refractivity contribution in [3.8, 4) is 0 Å². The highest BCUT2D eigenvalue weighted by molar-refractivity contribution is 8.00. The van der Waals surface area contributed by atoms with Gasteiger partial charge in [-0.2, -0.15) is 11.8 Å². The Balaban J connectivity index is 2.49. The van der Waals surface area contributed by atoms with E-state index in [1.54, 1.807) is 0 Å². The Bertz CT molecular complexity index is 171. The smallest absolute Gasteiger partial charge is 0.0231 e. The summed E-state index contributed by atoms with van der Waals surface area (Å²) in [4.78, 5) is 2.65. The summed E-state index contributed by atoms with van der Waals surface area (Å²) in [5.74, 6) is 1.28. The van der Waals surface area contributed by atoms with Crippen molar-refractivity contribution in [3.63, 3.8) is 0 Å². The molecule has 0 bridgehead atoms. The zero-order valence-electron chi connectivity index (χ0n) is 9.97. The van der Waals surface area contributed by atoms with E-state index in [1.165, 1.54) is 25.3 Å². The third-order valence-corrected chi connectivity index (χ3v) is 4.18. The lowest BCUT2D eigenvalue weighted by molar-refractivity contribution is 0.180. The molecule has 0 saturated carbocycles. The van der Waals surface area contributed by atoms with Crippen LogP contribution in [0.5, 0.6) is 0 Å². The fraction of sp³-hybridized carbons (Fsp3) is 1.00. The molecule has 0 aromatic heterocycles. The molecule has 2 nitrogen and oxygen atoms in total. The van der Waals surface area contributed by atoms with Gasteiger partial charge in [0.05, 0.1) is 0 Å². The number of hydrogen-bond donors (Lipinski definition) is 1. The van der Waals surface area contributed by atoms with Gasteiger partial charge in [0.1, 0.15) is 0 Å². The van der Waals surface area contributed by atoms with Crippen LogP contribution >= 0.6 is 11.8 Å². The molecule has 0 spiro atoms. The van der Waals surface area contributed by atoms with Crippen LogP contribution in [0.1, 0.15) is 27.2 Å². The Hall–Kier alpha value is 0.270. The number of rotatable bonds is 4. The van der Waals surface area contributed by atoms with Crippen LogP contribution in [0.15, 0.2) is 0 Å². The van der Waals surface area contributed by atoms with Gasteiger partial charge < -0.3 is 5.32 Å². The minimum atomic E-state index is 0.444. The van der Waals surface area contributed by atoms with E-state index in [1.807, 2.05) is 7.05 Å². The van der Waals surface area contributed by atoms with Crippen molar-refractivity contribution in [1.82, 2.24) is 10.2 Å². The van der Waals surface area contributed by atoms with Crippen molar-refractivity contribution in [2.24, 2.45) is 0 Å². The van der Waals surface area contributed by atoms with E-state index in [2.05, 4.69) is 42.7 Å². The summed E-state index contributed by atoms with van der Waals surface area (Å²) in [5, 5.41) is 3.29. The van der Waals surface area contributed by atoms with E-state index in [-0.39, 0.29) is 0 Å². The van der Waals surface area contributed by atoms with Gasteiger partial charge in [-0.1, -0.05) is 6.92 Å². The molecule has 1 rings (SSSR count). The Labute approximate surface area is 92.8 Å². The number of hydrogen-bond acceptors (Lipinski definition) is 3.